The summed E-state index contributed by atoms with van der Waals surface area (Å²) in [6.07, 6.45) is 0. The van der Waals surface area contributed by atoms with E-state index in [4.69, 9.17) is 16.1 Å². The third-order valence-corrected chi connectivity index (χ3v) is 4.45. The van der Waals surface area contributed by atoms with Gasteiger partial charge in [-0.25, -0.2) is 0 Å². The fraction of sp³-hybridized carbons (Fsp3) is 0. The molecule has 0 fully saturated rings. The van der Waals surface area contributed by atoms with E-state index in [-0.39, 0.29) is 17.5 Å². The van der Waals surface area contributed by atoms with Gasteiger partial charge in [0.2, 0.25) is 5.82 Å². The van der Waals surface area contributed by atoms with Crippen molar-refractivity contribution < 1.29 is 14.2 Å². The second kappa shape index (κ2) is 8.14. The van der Waals surface area contributed by atoms with Gasteiger partial charge in [0, 0.05) is 39.5 Å². The number of hydrogen-bond donors (Lipinski definition) is 1. The van der Waals surface area contributed by atoms with Crippen LogP contribution >= 0.6 is 11.6 Å². The minimum Gasteiger partial charge on any atom is -0.334 e. The molecule has 0 unspecified atom stereocenters. The molecule has 0 aliphatic carbocycles. The number of nitro groups is 1. The number of halogens is 1. The topological polar surface area (TPSA) is 111 Å². The maximum absolute atomic E-state index is 12.3. The van der Waals surface area contributed by atoms with Crippen LogP contribution in [-0.2, 0) is 0 Å². The molecule has 0 aliphatic rings. The van der Waals surface area contributed by atoms with E-state index in [9.17, 15) is 14.9 Å². The van der Waals surface area contributed by atoms with Gasteiger partial charge < -0.3 is 9.84 Å². The molecule has 148 valence electrons. The molecule has 0 saturated heterocycles. The van der Waals surface area contributed by atoms with E-state index in [1.165, 1.54) is 12.1 Å². The molecule has 8 nitrogen and oxygen atoms in total. The molecule has 0 atom stereocenters. The van der Waals surface area contributed by atoms with Gasteiger partial charge in [0.1, 0.15) is 0 Å². The molecule has 9 heteroatoms. The first-order chi connectivity index (χ1) is 14.5. The number of non-ortho nitro benzene ring substituents is 1. The van der Waals surface area contributed by atoms with Crippen molar-refractivity contribution in [2.24, 2.45) is 0 Å². The lowest BCUT2D eigenvalue weighted by molar-refractivity contribution is -0.384. The van der Waals surface area contributed by atoms with Crippen LogP contribution in [0.2, 0.25) is 5.02 Å². The quantitative estimate of drug-likeness (QED) is 0.350. The van der Waals surface area contributed by atoms with Crippen LogP contribution in [0.4, 0.5) is 11.4 Å². The van der Waals surface area contributed by atoms with Crippen LogP contribution in [0.25, 0.3) is 22.8 Å². The fourth-order valence-electron chi connectivity index (χ4n) is 2.75. The molecule has 0 bridgehead atoms. The van der Waals surface area contributed by atoms with Crippen LogP contribution in [-0.4, -0.2) is 21.0 Å². The lowest BCUT2D eigenvalue weighted by atomic mass is 10.1. The monoisotopic (exact) mass is 420 g/mol. The number of nitro benzene ring substituents is 1. The SMILES string of the molecule is O=C(Nc1ccc(-c2noc(-c3cccc([N+](=O)[O-])c3)n2)cc1)c1cccc(Cl)c1. The minimum absolute atomic E-state index is 0.0629. The molecule has 30 heavy (non-hydrogen) atoms. The number of nitrogens with one attached hydrogen (secondary N) is 1. The summed E-state index contributed by atoms with van der Waals surface area (Å²) in [5.74, 6) is 0.217. The van der Waals surface area contributed by atoms with Gasteiger partial charge in [0.25, 0.3) is 17.5 Å². The van der Waals surface area contributed by atoms with E-state index in [1.807, 2.05) is 0 Å². The number of hydrogen-bond acceptors (Lipinski definition) is 6. The molecule has 4 rings (SSSR count). The van der Waals surface area contributed by atoms with E-state index >= 15 is 0 Å². The van der Waals surface area contributed by atoms with Crippen molar-refractivity contribution in [3.63, 3.8) is 0 Å². The molecule has 1 heterocycles. The Morgan fingerprint density at radius 1 is 1.00 bits per heavy atom. The Balaban J connectivity index is 1.50. The van der Waals surface area contributed by atoms with Crippen LogP contribution in [0, 0.1) is 10.1 Å². The third-order valence-electron chi connectivity index (χ3n) is 4.22. The largest absolute Gasteiger partial charge is 0.334 e. The Bertz CT molecular complexity index is 1240. The molecule has 1 N–H and O–H groups in total. The van der Waals surface area contributed by atoms with E-state index in [0.29, 0.717) is 33.2 Å². The van der Waals surface area contributed by atoms with Crippen molar-refractivity contribution in [1.82, 2.24) is 10.1 Å². The number of benzene rings is 3. The summed E-state index contributed by atoms with van der Waals surface area (Å²) in [6, 6.07) is 19.5. The molecule has 0 saturated carbocycles. The number of rotatable bonds is 5. The number of carbonyl (C=O) groups excluding carboxylic acids is 1. The molecule has 1 aromatic heterocycles. The van der Waals surface area contributed by atoms with Crippen LogP contribution < -0.4 is 5.32 Å². The smallest absolute Gasteiger partial charge is 0.270 e. The van der Waals surface area contributed by atoms with E-state index < -0.39 is 4.92 Å². The van der Waals surface area contributed by atoms with Crippen molar-refractivity contribution in [2.45, 2.75) is 0 Å². The summed E-state index contributed by atoms with van der Waals surface area (Å²) in [5.41, 5.74) is 2.09. The van der Waals surface area contributed by atoms with E-state index in [2.05, 4.69) is 15.5 Å². The number of nitrogens with zero attached hydrogens (tertiary/aromatic N) is 3. The van der Waals surface area contributed by atoms with Crippen molar-refractivity contribution >= 4 is 28.9 Å². The van der Waals surface area contributed by atoms with Gasteiger partial charge in [0.15, 0.2) is 0 Å². The number of carbonyl (C=O) groups is 1. The summed E-state index contributed by atoms with van der Waals surface area (Å²) in [5, 5.41) is 18.1. The van der Waals surface area contributed by atoms with Crippen molar-refractivity contribution in [2.75, 3.05) is 5.32 Å². The van der Waals surface area contributed by atoms with Crippen molar-refractivity contribution in [3.8, 4) is 22.8 Å². The van der Waals surface area contributed by atoms with Gasteiger partial charge in [-0.2, -0.15) is 4.98 Å². The van der Waals surface area contributed by atoms with E-state index in [0.717, 1.165) is 0 Å². The first kappa shape index (κ1) is 19.3. The van der Waals surface area contributed by atoms with Crippen LogP contribution in [0.3, 0.4) is 0 Å². The maximum Gasteiger partial charge on any atom is 0.270 e. The van der Waals surface area contributed by atoms with Crippen molar-refractivity contribution in [3.05, 3.63) is 93.5 Å². The second-order valence-corrected chi connectivity index (χ2v) is 6.71. The van der Waals surface area contributed by atoms with E-state index in [1.54, 1.807) is 60.7 Å². The molecule has 0 aliphatic heterocycles. The number of aromatic nitrogens is 2. The Morgan fingerprint density at radius 3 is 2.50 bits per heavy atom. The number of anilines is 1. The highest BCUT2D eigenvalue weighted by atomic mass is 35.5. The Hall–Kier alpha value is -4.04. The second-order valence-electron chi connectivity index (χ2n) is 6.27. The Labute approximate surface area is 175 Å². The minimum atomic E-state index is -0.489. The van der Waals surface area contributed by atoms with Gasteiger partial charge in [-0.3, -0.25) is 14.9 Å². The average molecular weight is 421 g/mol. The summed E-state index contributed by atoms with van der Waals surface area (Å²) in [7, 11) is 0. The first-order valence-corrected chi connectivity index (χ1v) is 9.13. The third kappa shape index (κ3) is 4.18. The standard InChI is InChI=1S/C21H13ClN4O4/c22-16-5-1-3-14(11-16)20(27)23-17-9-7-13(8-10-17)19-24-21(30-25-19)15-4-2-6-18(12-15)26(28)29/h1-12H,(H,23,27). The van der Waals surface area contributed by atoms with Gasteiger partial charge in [-0.1, -0.05) is 28.9 Å². The fourth-order valence-corrected chi connectivity index (χ4v) is 2.94. The normalized spacial score (nSPS) is 10.6. The molecular weight excluding hydrogens is 408 g/mol. The zero-order valence-electron chi connectivity index (χ0n) is 15.3. The van der Waals surface area contributed by atoms with Crippen LogP contribution in [0.5, 0.6) is 0 Å². The van der Waals surface area contributed by atoms with Gasteiger partial charge >= 0.3 is 0 Å². The molecule has 0 radical (unpaired) electrons. The van der Waals surface area contributed by atoms with Crippen LogP contribution in [0.15, 0.2) is 77.3 Å². The molecule has 1 amide bonds. The maximum atomic E-state index is 12.3. The zero-order valence-corrected chi connectivity index (χ0v) is 16.0. The predicted octanol–water partition coefficient (Wildman–Crippen LogP) is 5.22. The van der Waals surface area contributed by atoms with Gasteiger partial charge in [-0.05, 0) is 48.5 Å². The van der Waals surface area contributed by atoms with Gasteiger partial charge in [-0.15, -0.1) is 0 Å². The number of amides is 1. The first-order valence-electron chi connectivity index (χ1n) is 8.75. The molecular formula is C21H13ClN4O4. The highest BCUT2D eigenvalue weighted by Gasteiger charge is 2.14. The average Bonchev–Trinajstić information content (AvgIpc) is 3.25. The highest BCUT2D eigenvalue weighted by molar-refractivity contribution is 6.31. The summed E-state index contributed by atoms with van der Waals surface area (Å²) in [4.78, 5) is 27.0. The molecule has 3 aromatic carbocycles. The highest BCUT2D eigenvalue weighted by Crippen LogP contribution is 2.26. The van der Waals surface area contributed by atoms with Gasteiger partial charge in [0.05, 0.1) is 4.92 Å². The zero-order chi connectivity index (χ0) is 21.1. The summed E-state index contributed by atoms with van der Waals surface area (Å²) in [6.45, 7) is 0. The molecule has 4 aromatic rings. The lowest BCUT2D eigenvalue weighted by Gasteiger charge is -2.06. The Morgan fingerprint density at radius 2 is 1.77 bits per heavy atom. The summed E-state index contributed by atoms with van der Waals surface area (Å²) >= 11 is 5.91. The van der Waals surface area contributed by atoms with Crippen molar-refractivity contribution in [1.29, 1.82) is 0 Å². The lowest BCUT2D eigenvalue weighted by Crippen LogP contribution is -2.11. The summed E-state index contributed by atoms with van der Waals surface area (Å²) < 4.78 is 5.24. The Kier molecular flexibility index (Phi) is 5.23. The molecule has 0 spiro atoms. The predicted molar refractivity (Wildman–Crippen MR) is 111 cm³/mol. The van der Waals surface area contributed by atoms with Crippen LogP contribution in [0.1, 0.15) is 10.4 Å².